The Balaban J connectivity index is 1.88. The van der Waals surface area contributed by atoms with E-state index < -0.39 is 23.8 Å². The quantitative estimate of drug-likeness (QED) is 0.112. The highest BCUT2D eigenvalue weighted by molar-refractivity contribution is 6.37. The maximum absolute atomic E-state index is 13.2. The standard InChI is InChI=1S/C28H47N5O7/c1-17(2)20(31-28(39)25(18(3)4)32-23(35)10-6-7-11-24(36)40-5)16-33-14-8-9-21(33)26(37)29-15-22(34)27(38)30-19-12-13-19/h17-21,25H,6-16H2,1-5H3,(H,29,37)(H,30,38)(H,31,39)(H,32,35)/t20-,21+,25?/m1/s1. The molecule has 226 valence electrons. The van der Waals surface area contributed by atoms with E-state index >= 15 is 0 Å². The van der Waals surface area contributed by atoms with Gasteiger partial charge in [-0.2, -0.15) is 0 Å². The summed E-state index contributed by atoms with van der Waals surface area (Å²) in [5.74, 6) is -2.58. The summed E-state index contributed by atoms with van der Waals surface area (Å²) < 4.78 is 4.61. The first kappa shape index (κ1) is 33.2. The van der Waals surface area contributed by atoms with Gasteiger partial charge in [-0.1, -0.05) is 27.7 Å². The predicted molar refractivity (Wildman–Crippen MR) is 148 cm³/mol. The van der Waals surface area contributed by atoms with Crippen LogP contribution in [-0.2, 0) is 33.5 Å². The number of carbonyl (C=O) groups excluding carboxylic acids is 6. The average molecular weight is 566 g/mol. The first-order chi connectivity index (χ1) is 18.9. The molecule has 4 N–H and O–H groups in total. The van der Waals surface area contributed by atoms with E-state index in [2.05, 4.69) is 26.0 Å². The second kappa shape index (κ2) is 16.3. The lowest BCUT2D eigenvalue weighted by atomic mass is 9.99. The van der Waals surface area contributed by atoms with Crippen molar-refractivity contribution in [2.45, 2.75) is 103 Å². The van der Waals surface area contributed by atoms with E-state index in [4.69, 9.17) is 0 Å². The molecule has 0 spiro atoms. The van der Waals surface area contributed by atoms with Crippen molar-refractivity contribution in [3.05, 3.63) is 0 Å². The van der Waals surface area contributed by atoms with E-state index in [1.807, 2.05) is 32.6 Å². The highest BCUT2D eigenvalue weighted by atomic mass is 16.5. The lowest BCUT2D eigenvalue weighted by Crippen LogP contribution is -2.56. The van der Waals surface area contributed by atoms with Crippen molar-refractivity contribution < 1.29 is 33.5 Å². The molecule has 0 aromatic carbocycles. The molecule has 3 atom stereocenters. The Labute approximate surface area is 237 Å². The summed E-state index contributed by atoms with van der Waals surface area (Å²) in [7, 11) is 1.32. The number of hydrogen-bond acceptors (Lipinski definition) is 8. The van der Waals surface area contributed by atoms with Crippen LogP contribution in [0.25, 0.3) is 0 Å². The van der Waals surface area contributed by atoms with Crippen molar-refractivity contribution in [3.63, 3.8) is 0 Å². The fourth-order valence-electron chi connectivity index (χ4n) is 4.59. The zero-order valence-corrected chi connectivity index (χ0v) is 24.5. The summed E-state index contributed by atoms with van der Waals surface area (Å²) in [6.07, 6.45) is 4.66. The Morgan fingerprint density at radius 2 is 1.57 bits per heavy atom. The van der Waals surface area contributed by atoms with Crippen LogP contribution >= 0.6 is 0 Å². The molecule has 12 nitrogen and oxygen atoms in total. The van der Waals surface area contributed by atoms with Gasteiger partial charge in [-0.15, -0.1) is 0 Å². The van der Waals surface area contributed by atoms with Gasteiger partial charge in [0.25, 0.3) is 5.91 Å². The molecule has 1 heterocycles. The molecule has 1 aliphatic carbocycles. The van der Waals surface area contributed by atoms with Gasteiger partial charge in [0.15, 0.2) is 0 Å². The first-order valence-electron chi connectivity index (χ1n) is 14.4. The van der Waals surface area contributed by atoms with Gasteiger partial charge in [0.2, 0.25) is 23.5 Å². The molecule has 2 aliphatic rings. The number of amides is 4. The zero-order valence-electron chi connectivity index (χ0n) is 24.5. The Morgan fingerprint density at radius 1 is 0.900 bits per heavy atom. The van der Waals surface area contributed by atoms with Gasteiger partial charge >= 0.3 is 5.97 Å². The largest absolute Gasteiger partial charge is 0.469 e. The summed E-state index contributed by atoms with van der Waals surface area (Å²) in [4.78, 5) is 75.8. The van der Waals surface area contributed by atoms with Crippen LogP contribution in [0.5, 0.6) is 0 Å². The van der Waals surface area contributed by atoms with Crippen molar-refractivity contribution in [1.82, 2.24) is 26.2 Å². The van der Waals surface area contributed by atoms with Gasteiger partial charge in [-0.05, 0) is 56.9 Å². The molecule has 1 unspecified atom stereocenters. The SMILES string of the molecule is COC(=O)CCCCC(=O)NC(C(=O)N[C@H](CN1CCC[C@H]1C(=O)NCC(=O)C(=O)NC1CC1)C(C)C)C(C)C. The van der Waals surface area contributed by atoms with Gasteiger partial charge in [0.05, 0.1) is 19.7 Å². The number of methoxy groups -OCH3 is 1. The van der Waals surface area contributed by atoms with Crippen LogP contribution in [0, 0.1) is 11.8 Å². The van der Waals surface area contributed by atoms with Crippen LogP contribution in [0.4, 0.5) is 0 Å². The molecule has 1 aliphatic heterocycles. The lowest BCUT2D eigenvalue weighted by molar-refractivity contribution is -0.141. The number of carbonyl (C=O) groups is 6. The Bertz CT molecular complexity index is 919. The van der Waals surface area contributed by atoms with Crippen LogP contribution in [0.1, 0.15) is 79.1 Å². The molecule has 4 amide bonds. The average Bonchev–Trinajstić information content (AvgIpc) is 3.60. The summed E-state index contributed by atoms with van der Waals surface area (Å²) >= 11 is 0. The van der Waals surface area contributed by atoms with E-state index in [-0.39, 0.29) is 67.0 Å². The minimum Gasteiger partial charge on any atom is -0.469 e. The van der Waals surface area contributed by atoms with Crippen LogP contribution < -0.4 is 21.3 Å². The van der Waals surface area contributed by atoms with Crippen molar-refractivity contribution in [2.24, 2.45) is 11.8 Å². The highest BCUT2D eigenvalue weighted by Crippen LogP contribution is 2.20. The topological polar surface area (TPSA) is 163 Å². The number of esters is 1. The van der Waals surface area contributed by atoms with Crippen LogP contribution in [0.3, 0.4) is 0 Å². The Morgan fingerprint density at radius 3 is 2.17 bits per heavy atom. The van der Waals surface area contributed by atoms with Crippen molar-refractivity contribution in [2.75, 3.05) is 26.7 Å². The first-order valence-corrected chi connectivity index (χ1v) is 14.4. The molecular weight excluding hydrogens is 518 g/mol. The highest BCUT2D eigenvalue weighted by Gasteiger charge is 2.35. The number of likely N-dealkylation sites (tertiary alicyclic amines) is 1. The minimum absolute atomic E-state index is 0.0581. The molecule has 0 aromatic heterocycles. The molecule has 1 saturated heterocycles. The van der Waals surface area contributed by atoms with Gasteiger partial charge in [-0.3, -0.25) is 33.7 Å². The van der Waals surface area contributed by atoms with E-state index in [1.54, 1.807) is 0 Å². The molecule has 1 saturated carbocycles. The van der Waals surface area contributed by atoms with Crippen LogP contribution in [0.2, 0.25) is 0 Å². The number of nitrogens with zero attached hydrogens (tertiary/aromatic N) is 1. The molecule has 0 bridgehead atoms. The van der Waals surface area contributed by atoms with Gasteiger partial charge in [0.1, 0.15) is 6.04 Å². The molecule has 2 rings (SSSR count). The fourth-order valence-corrected chi connectivity index (χ4v) is 4.59. The van der Waals surface area contributed by atoms with E-state index in [0.717, 1.165) is 19.3 Å². The van der Waals surface area contributed by atoms with Gasteiger partial charge < -0.3 is 26.0 Å². The van der Waals surface area contributed by atoms with E-state index in [9.17, 15) is 28.8 Å². The number of ether oxygens (including phenoxy) is 1. The second-order valence-electron chi connectivity index (χ2n) is 11.5. The third kappa shape index (κ3) is 11.2. The number of rotatable bonds is 17. The summed E-state index contributed by atoms with van der Waals surface area (Å²) in [5.41, 5.74) is 0. The normalized spacial score (nSPS) is 18.6. The van der Waals surface area contributed by atoms with Crippen LogP contribution in [0.15, 0.2) is 0 Å². The number of hydrogen-bond donors (Lipinski definition) is 4. The van der Waals surface area contributed by atoms with Crippen molar-refractivity contribution in [1.29, 1.82) is 0 Å². The molecular formula is C28H47N5O7. The maximum atomic E-state index is 13.2. The maximum Gasteiger partial charge on any atom is 0.305 e. The summed E-state index contributed by atoms with van der Waals surface area (Å²) in [5, 5.41) is 11.1. The number of nitrogens with one attached hydrogen (secondary N) is 4. The molecule has 0 radical (unpaired) electrons. The third-order valence-electron chi connectivity index (χ3n) is 7.35. The fraction of sp³-hybridized carbons (Fsp3) is 0.786. The Hall–Kier alpha value is -3.02. The number of unbranched alkanes of at least 4 members (excludes halogenated alkanes) is 1. The molecule has 40 heavy (non-hydrogen) atoms. The molecule has 12 heteroatoms. The van der Waals surface area contributed by atoms with Crippen molar-refractivity contribution in [3.8, 4) is 0 Å². The van der Waals surface area contributed by atoms with Gasteiger partial charge in [0, 0.05) is 31.5 Å². The number of Topliss-reactive ketones (excluding diaryl/α,β-unsaturated/α-hetero) is 1. The monoisotopic (exact) mass is 565 g/mol. The molecule has 2 fully saturated rings. The lowest BCUT2D eigenvalue weighted by Gasteiger charge is -2.32. The van der Waals surface area contributed by atoms with Crippen LogP contribution in [-0.4, -0.2) is 91.2 Å². The van der Waals surface area contributed by atoms with Crippen molar-refractivity contribution >= 4 is 35.4 Å². The minimum atomic E-state index is -0.722. The zero-order chi connectivity index (χ0) is 29.8. The Kier molecular flexibility index (Phi) is 13.5. The predicted octanol–water partition coefficient (Wildman–Crippen LogP) is 0.430. The second-order valence-corrected chi connectivity index (χ2v) is 11.5. The smallest absolute Gasteiger partial charge is 0.305 e. The summed E-state index contributed by atoms with van der Waals surface area (Å²) in [6.45, 7) is 8.45. The molecule has 0 aromatic rings. The van der Waals surface area contributed by atoms with E-state index in [1.165, 1.54) is 7.11 Å². The van der Waals surface area contributed by atoms with Gasteiger partial charge in [-0.25, -0.2) is 0 Å². The third-order valence-corrected chi connectivity index (χ3v) is 7.35. The summed E-state index contributed by atoms with van der Waals surface area (Å²) in [6, 6.07) is -1.38. The van der Waals surface area contributed by atoms with E-state index in [0.29, 0.717) is 32.4 Å². The number of ketones is 1.